The van der Waals surface area contributed by atoms with Crippen LogP contribution in [-0.4, -0.2) is 25.7 Å². The molecule has 0 bridgehead atoms. The van der Waals surface area contributed by atoms with Crippen molar-refractivity contribution in [2.75, 3.05) is 10.6 Å². The lowest BCUT2D eigenvalue weighted by atomic mass is 9.95. The summed E-state index contributed by atoms with van der Waals surface area (Å²) in [4.78, 5) is 22.2. The highest BCUT2D eigenvalue weighted by atomic mass is 35.5. The van der Waals surface area contributed by atoms with Crippen molar-refractivity contribution in [3.63, 3.8) is 0 Å². The van der Waals surface area contributed by atoms with Gasteiger partial charge in [0.05, 0.1) is 17.5 Å². The molecule has 5 rings (SSSR count). The predicted molar refractivity (Wildman–Crippen MR) is 135 cm³/mol. The van der Waals surface area contributed by atoms with Crippen LogP contribution >= 0.6 is 23.4 Å². The molecule has 1 aliphatic heterocycles. The Balaban J connectivity index is 1.48. The summed E-state index contributed by atoms with van der Waals surface area (Å²) < 4.78 is 1.77. The fraction of sp³-hybridized carbons (Fsp3) is 0.120. The fourth-order valence-corrected chi connectivity index (χ4v) is 4.94. The number of hydrogen-bond donors (Lipinski definition) is 2. The number of amides is 1. The number of hydrogen-bond acceptors (Lipinski definition) is 6. The zero-order valence-corrected chi connectivity index (χ0v) is 19.8. The Labute approximate surface area is 206 Å². The number of rotatable bonds is 6. The number of nitrogens with one attached hydrogen (secondary N) is 2. The number of anilines is 2. The van der Waals surface area contributed by atoms with Gasteiger partial charge in [0.15, 0.2) is 0 Å². The molecule has 0 fully saturated rings. The van der Waals surface area contributed by atoms with Crippen LogP contribution in [-0.2, 0) is 10.5 Å². The number of thioether (sulfide) groups is 1. The topological polar surface area (TPSA) is 84.7 Å². The first-order chi connectivity index (χ1) is 16.6. The summed E-state index contributed by atoms with van der Waals surface area (Å²) in [5.41, 5.74) is 3.86. The number of pyridine rings is 1. The van der Waals surface area contributed by atoms with Crippen molar-refractivity contribution >= 4 is 40.9 Å². The Hall–Kier alpha value is -3.62. The van der Waals surface area contributed by atoms with Crippen LogP contribution < -0.4 is 10.6 Å². The molecular weight excluding hydrogens is 468 g/mol. The average Bonchev–Trinajstić information content (AvgIpc) is 3.26. The second-order valence-corrected chi connectivity index (χ2v) is 9.07. The minimum Gasteiger partial charge on any atom is -0.328 e. The quantitative estimate of drug-likeness (QED) is 0.346. The number of carbonyl (C=O) groups is 1. The number of aromatic nitrogens is 4. The van der Waals surface area contributed by atoms with E-state index in [2.05, 4.69) is 20.6 Å². The third-order valence-electron chi connectivity index (χ3n) is 5.43. The molecule has 9 heteroatoms. The second kappa shape index (κ2) is 9.70. The van der Waals surface area contributed by atoms with Gasteiger partial charge in [0.1, 0.15) is 6.04 Å². The van der Waals surface area contributed by atoms with Crippen molar-refractivity contribution in [1.29, 1.82) is 0 Å². The van der Waals surface area contributed by atoms with Gasteiger partial charge in [-0.25, -0.2) is 4.68 Å². The molecule has 170 valence electrons. The van der Waals surface area contributed by atoms with Gasteiger partial charge in [-0.3, -0.25) is 9.78 Å². The normalized spacial score (nSPS) is 14.9. The van der Waals surface area contributed by atoms with Crippen LogP contribution in [0, 0.1) is 0 Å². The Morgan fingerprint density at radius 3 is 2.68 bits per heavy atom. The minimum atomic E-state index is -0.434. The monoisotopic (exact) mass is 488 g/mol. The number of carbonyl (C=O) groups excluding carboxylic acids is 1. The van der Waals surface area contributed by atoms with E-state index in [9.17, 15) is 4.79 Å². The van der Waals surface area contributed by atoms with E-state index in [1.165, 1.54) is 11.8 Å². The maximum Gasteiger partial charge on any atom is 0.255 e. The van der Waals surface area contributed by atoms with Crippen LogP contribution in [0.4, 0.5) is 11.6 Å². The van der Waals surface area contributed by atoms with Crippen LogP contribution in [0.15, 0.2) is 95.6 Å². The Kier molecular flexibility index (Phi) is 6.33. The SMILES string of the molecule is CC1=C(C(=O)Nc2cccnc2)[C@@H](c2ccccc2)n2nc(SCc3ccccc3Cl)nc2N1. The molecule has 2 N–H and O–H groups in total. The molecule has 34 heavy (non-hydrogen) atoms. The molecule has 0 unspecified atom stereocenters. The maximum atomic E-state index is 13.4. The molecular formula is C25H21ClN6OS. The Morgan fingerprint density at radius 1 is 1.12 bits per heavy atom. The minimum absolute atomic E-state index is 0.224. The van der Waals surface area contributed by atoms with Crippen LogP contribution in [0.25, 0.3) is 0 Å². The van der Waals surface area contributed by atoms with Crippen molar-refractivity contribution in [3.8, 4) is 0 Å². The van der Waals surface area contributed by atoms with Gasteiger partial charge in [0.2, 0.25) is 11.1 Å². The van der Waals surface area contributed by atoms with Crippen LogP contribution in [0.5, 0.6) is 0 Å². The van der Waals surface area contributed by atoms with Gasteiger partial charge in [0, 0.05) is 22.7 Å². The first-order valence-electron chi connectivity index (χ1n) is 10.7. The summed E-state index contributed by atoms with van der Waals surface area (Å²) in [5, 5.41) is 12.3. The summed E-state index contributed by atoms with van der Waals surface area (Å²) in [6, 6.07) is 20.7. The van der Waals surface area contributed by atoms with E-state index in [4.69, 9.17) is 16.7 Å². The smallest absolute Gasteiger partial charge is 0.255 e. The van der Waals surface area contributed by atoms with E-state index in [0.29, 0.717) is 33.1 Å². The number of fused-ring (bicyclic) bond motifs is 1. The lowest BCUT2D eigenvalue weighted by Gasteiger charge is -2.28. The van der Waals surface area contributed by atoms with E-state index < -0.39 is 6.04 Å². The van der Waals surface area contributed by atoms with Crippen molar-refractivity contribution in [2.24, 2.45) is 0 Å². The number of benzene rings is 2. The zero-order valence-electron chi connectivity index (χ0n) is 18.3. The van der Waals surface area contributed by atoms with Gasteiger partial charge in [-0.05, 0) is 36.2 Å². The van der Waals surface area contributed by atoms with Crippen LogP contribution in [0.2, 0.25) is 5.02 Å². The van der Waals surface area contributed by atoms with Crippen molar-refractivity contribution in [2.45, 2.75) is 23.9 Å². The number of halogens is 1. The van der Waals surface area contributed by atoms with E-state index >= 15 is 0 Å². The molecule has 0 aliphatic carbocycles. The van der Waals surface area contributed by atoms with Gasteiger partial charge in [-0.15, -0.1) is 5.10 Å². The lowest BCUT2D eigenvalue weighted by molar-refractivity contribution is -0.113. The van der Waals surface area contributed by atoms with E-state index in [-0.39, 0.29) is 5.91 Å². The summed E-state index contributed by atoms with van der Waals surface area (Å²) in [7, 11) is 0. The molecule has 0 radical (unpaired) electrons. The largest absolute Gasteiger partial charge is 0.328 e. The highest BCUT2D eigenvalue weighted by Crippen LogP contribution is 2.37. The fourth-order valence-electron chi connectivity index (χ4n) is 3.82. The molecule has 1 aliphatic rings. The van der Waals surface area contributed by atoms with E-state index in [0.717, 1.165) is 16.8 Å². The Morgan fingerprint density at radius 2 is 1.91 bits per heavy atom. The number of nitrogens with zero attached hydrogens (tertiary/aromatic N) is 4. The third-order valence-corrected chi connectivity index (χ3v) is 6.68. The molecule has 0 spiro atoms. The molecule has 4 aromatic rings. The molecule has 0 saturated carbocycles. The van der Waals surface area contributed by atoms with Crippen LogP contribution in [0.3, 0.4) is 0 Å². The lowest BCUT2D eigenvalue weighted by Crippen LogP contribution is -2.31. The van der Waals surface area contributed by atoms with Gasteiger partial charge < -0.3 is 10.6 Å². The predicted octanol–water partition coefficient (Wildman–Crippen LogP) is 5.55. The maximum absolute atomic E-state index is 13.4. The summed E-state index contributed by atoms with van der Waals surface area (Å²) in [6.45, 7) is 1.88. The Bertz CT molecular complexity index is 1360. The van der Waals surface area contributed by atoms with Crippen molar-refractivity contribution in [3.05, 3.63) is 107 Å². The first-order valence-corrected chi connectivity index (χ1v) is 12.0. The number of allylic oxidation sites excluding steroid dienone is 1. The van der Waals surface area contributed by atoms with Gasteiger partial charge in [-0.1, -0.05) is 71.9 Å². The average molecular weight is 489 g/mol. The second-order valence-electron chi connectivity index (χ2n) is 7.72. The van der Waals surface area contributed by atoms with Gasteiger partial charge in [0.25, 0.3) is 5.91 Å². The van der Waals surface area contributed by atoms with Crippen LogP contribution in [0.1, 0.15) is 24.1 Å². The molecule has 2 aromatic carbocycles. The standard InChI is InChI=1S/C25H21ClN6OS/c1-16-21(23(33)29-19-11-7-13-27-14-19)22(17-8-3-2-4-9-17)32-24(28-16)30-25(31-32)34-15-18-10-5-6-12-20(18)26/h2-14,22H,15H2,1H3,(H,29,33)(H,28,30,31)/t22-/m1/s1. The zero-order chi connectivity index (χ0) is 23.5. The summed E-state index contributed by atoms with van der Waals surface area (Å²) in [6.07, 6.45) is 3.28. The molecule has 1 amide bonds. The third kappa shape index (κ3) is 4.55. The molecule has 7 nitrogen and oxygen atoms in total. The molecule has 2 aromatic heterocycles. The molecule has 1 atom stereocenters. The highest BCUT2D eigenvalue weighted by molar-refractivity contribution is 7.98. The van der Waals surface area contributed by atoms with Gasteiger partial charge >= 0.3 is 0 Å². The highest BCUT2D eigenvalue weighted by Gasteiger charge is 2.34. The van der Waals surface area contributed by atoms with Crippen molar-refractivity contribution in [1.82, 2.24) is 19.7 Å². The van der Waals surface area contributed by atoms with E-state index in [1.54, 1.807) is 29.2 Å². The first kappa shape index (κ1) is 22.2. The van der Waals surface area contributed by atoms with Crippen molar-refractivity contribution < 1.29 is 4.79 Å². The molecule has 0 saturated heterocycles. The summed E-state index contributed by atoms with van der Waals surface area (Å²) in [5.74, 6) is 1.00. The van der Waals surface area contributed by atoms with E-state index in [1.807, 2.05) is 61.5 Å². The molecule has 3 heterocycles. The summed E-state index contributed by atoms with van der Waals surface area (Å²) >= 11 is 7.80. The van der Waals surface area contributed by atoms with Gasteiger partial charge in [-0.2, -0.15) is 4.98 Å².